The van der Waals surface area contributed by atoms with Crippen LogP contribution in [0.25, 0.3) is 27.8 Å². The number of H-pyrrole nitrogens is 1. The highest BCUT2D eigenvalue weighted by atomic mass is 16.5. The standard InChI is InChI=1S/C23H22N6O/c1-2-9-29(21(3-1)27-11-13-30-14-12-27)23-22-25-8-10-28(22)16-20(26-23)18-5-4-17-6-7-24-19(17)15-18/h1-8,10,15-16,24H,9,11-14H2. The van der Waals surface area contributed by atoms with Crippen molar-refractivity contribution in [1.82, 2.24) is 24.3 Å². The average molecular weight is 398 g/mol. The summed E-state index contributed by atoms with van der Waals surface area (Å²) in [6.07, 6.45) is 14.3. The van der Waals surface area contributed by atoms with Crippen LogP contribution in [0.2, 0.25) is 0 Å². The van der Waals surface area contributed by atoms with Gasteiger partial charge in [0.25, 0.3) is 0 Å². The summed E-state index contributed by atoms with van der Waals surface area (Å²) in [6.45, 7) is 4.01. The highest BCUT2D eigenvalue weighted by molar-refractivity contribution is 5.84. The van der Waals surface area contributed by atoms with Crippen LogP contribution >= 0.6 is 0 Å². The van der Waals surface area contributed by atoms with Gasteiger partial charge in [-0.25, -0.2) is 9.97 Å². The van der Waals surface area contributed by atoms with E-state index in [1.807, 2.05) is 24.8 Å². The van der Waals surface area contributed by atoms with Crippen LogP contribution in [0.4, 0.5) is 5.82 Å². The second kappa shape index (κ2) is 7.03. The molecule has 0 unspecified atom stereocenters. The third-order valence-electron chi connectivity index (χ3n) is 5.74. The normalized spacial score (nSPS) is 17.1. The summed E-state index contributed by atoms with van der Waals surface area (Å²) in [6, 6.07) is 8.48. The van der Waals surface area contributed by atoms with Crippen LogP contribution in [0.15, 0.2) is 73.1 Å². The summed E-state index contributed by atoms with van der Waals surface area (Å²) in [7, 11) is 0. The Labute approximate surface area is 173 Å². The molecule has 3 aromatic heterocycles. The fourth-order valence-electron chi connectivity index (χ4n) is 4.21. The molecule has 7 heteroatoms. The molecule has 6 rings (SSSR count). The van der Waals surface area contributed by atoms with Crippen molar-refractivity contribution in [2.45, 2.75) is 0 Å². The van der Waals surface area contributed by atoms with E-state index in [1.54, 1.807) is 0 Å². The van der Waals surface area contributed by atoms with Gasteiger partial charge in [-0.2, -0.15) is 0 Å². The molecule has 2 aliphatic heterocycles. The fourth-order valence-corrected chi connectivity index (χ4v) is 4.21. The number of rotatable bonds is 3. The van der Waals surface area contributed by atoms with E-state index in [2.05, 4.69) is 66.7 Å². The molecule has 0 spiro atoms. The van der Waals surface area contributed by atoms with E-state index in [1.165, 1.54) is 5.39 Å². The summed E-state index contributed by atoms with van der Waals surface area (Å²) in [5, 5.41) is 1.20. The minimum atomic E-state index is 0.747. The predicted molar refractivity (Wildman–Crippen MR) is 117 cm³/mol. The first-order chi connectivity index (χ1) is 14.9. The Morgan fingerprint density at radius 3 is 2.97 bits per heavy atom. The van der Waals surface area contributed by atoms with E-state index < -0.39 is 0 Å². The maximum Gasteiger partial charge on any atom is 0.180 e. The number of hydrogen-bond donors (Lipinski definition) is 1. The van der Waals surface area contributed by atoms with Crippen molar-refractivity contribution in [1.29, 1.82) is 0 Å². The number of nitrogens with one attached hydrogen (secondary N) is 1. The molecule has 150 valence electrons. The number of allylic oxidation sites excluding steroid dienone is 2. The maximum absolute atomic E-state index is 5.55. The number of benzene rings is 1. The van der Waals surface area contributed by atoms with E-state index in [0.717, 1.165) is 66.9 Å². The molecule has 2 aliphatic rings. The highest BCUT2D eigenvalue weighted by Crippen LogP contribution is 2.30. The summed E-state index contributed by atoms with van der Waals surface area (Å²) < 4.78 is 7.62. The van der Waals surface area contributed by atoms with Crippen LogP contribution in [0, 0.1) is 0 Å². The smallest absolute Gasteiger partial charge is 0.180 e. The van der Waals surface area contributed by atoms with Crippen molar-refractivity contribution < 1.29 is 4.74 Å². The number of aromatic nitrogens is 4. The number of fused-ring (bicyclic) bond motifs is 2. The zero-order valence-corrected chi connectivity index (χ0v) is 16.5. The molecule has 1 fully saturated rings. The number of ether oxygens (including phenoxy) is 1. The Morgan fingerprint density at radius 2 is 2.03 bits per heavy atom. The van der Waals surface area contributed by atoms with Crippen molar-refractivity contribution >= 4 is 22.4 Å². The predicted octanol–water partition coefficient (Wildman–Crippen LogP) is 3.43. The molecule has 1 saturated heterocycles. The van der Waals surface area contributed by atoms with Crippen molar-refractivity contribution in [2.75, 3.05) is 37.7 Å². The fraction of sp³-hybridized carbons (Fsp3) is 0.217. The molecule has 0 amide bonds. The zero-order chi connectivity index (χ0) is 19.9. The molecule has 7 nitrogen and oxygen atoms in total. The molecule has 1 aromatic carbocycles. The first-order valence-electron chi connectivity index (χ1n) is 10.3. The summed E-state index contributed by atoms with van der Waals surface area (Å²) in [5.74, 6) is 2.02. The van der Waals surface area contributed by atoms with Crippen molar-refractivity contribution in [3.05, 3.63) is 73.1 Å². The number of anilines is 1. The highest BCUT2D eigenvalue weighted by Gasteiger charge is 2.25. The lowest BCUT2D eigenvalue weighted by Crippen LogP contribution is -2.43. The Morgan fingerprint density at radius 1 is 1.10 bits per heavy atom. The zero-order valence-electron chi connectivity index (χ0n) is 16.5. The minimum Gasteiger partial charge on any atom is -0.378 e. The molecule has 0 atom stereocenters. The van der Waals surface area contributed by atoms with E-state index in [9.17, 15) is 0 Å². The third-order valence-corrected chi connectivity index (χ3v) is 5.74. The Hall–Kier alpha value is -3.58. The van der Waals surface area contributed by atoms with Crippen molar-refractivity contribution in [2.24, 2.45) is 0 Å². The lowest BCUT2D eigenvalue weighted by atomic mass is 10.1. The second-order valence-electron chi connectivity index (χ2n) is 7.55. The number of aromatic amines is 1. The van der Waals surface area contributed by atoms with Crippen LogP contribution in [-0.2, 0) is 4.74 Å². The Kier molecular flexibility index (Phi) is 4.06. The van der Waals surface area contributed by atoms with Crippen molar-refractivity contribution in [3.63, 3.8) is 0 Å². The lowest BCUT2D eigenvalue weighted by molar-refractivity contribution is 0.0524. The van der Waals surface area contributed by atoms with Crippen LogP contribution in [-0.4, -0.2) is 57.1 Å². The first kappa shape index (κ1) is 17.3. The molecule has 4 aromatic rings. The SMILES string of the molecule is C1=CCN(c2nc(-c3ccc4cc[nH]c4c3)cn3ccnc23)C(N2CCOCC2)=C1. The minimum absolute atomic E-state index is 0.747. The molecule has 1 N–H and O–H groups in total. The third kappa shape index (κ3) is 2.86. The lowest BCUT2D eigenvalue weighted by Gasteiger charge is -2.38. The largest absolute Gasteiger partial charge is 0.378 e. The summed E-state index contributed by atoms with van der Waals surface area (Å²) >= 11 is 0. The summed E-state index contributed by atoms with van der Waals surface area (Å²) in [4.78, 5) is 17.6. The van der Waals surface area contributed by atoms with Gasteiger partial charge in [0.05, 0.1) is 18.9 Å². The van der Waals surface area contributed by atoms with E-state index in [4.69, 9.17) is 9.72 Å². The van der Waals surface area contributed by atoms with Gasteiger partial charge < -0.3 is 23.9 Å². The van der Waals surface area contributed by atoms with Gasteiger partial charge in [-0.3, -0.25) is 0 Å². The quantitative estimate of drug-likeness (QED) is 0.573. The van der Waals surface area contributed by atoms with Gasteiger partial charge in [-0.15, -0.1) is 0 Å². The number of nitrogens with zero attached hydrogens (tertiary/aromatic N) is 5. The van der Waals surface area contributed by atoms with Gasteiger partial charge in [0, 0.05) is 55.5 Å². The molecule has 5 heterocycles. The van der Waals surface area contributed by atoms with Gasteiger partial charge >= 0.3 is 0 Å². The van der Waals surface area contributed by atoms with Gasteiger partial charge in [0.15, 0.2) is 11.5 Å². The molecule has 0 radical (unpaired) electrons. The molecule has 0 saturated carbocycles. The number of morpholine rings is 1. The van der Waals surface area contributed by atoms with Crippen LogP contribution in [0.3, 0.4) is 0 Å². The summed E-state index contributed by atoms with van der Waals surface area (Å²) in [5.41, 5.74) is 3.96. The van der Waals surface area contributed by atoms with Gasteiger partial charge in [-0.05, 0) is 23.6 Å². The Bertz CT molecular complexity index is 1280. The topological polar surface area (TPSA) is 61.7 Å². The van der Waals surface area contributed by atoms with E-state index in [0.29, 0.717) is 0 Å². The Balaban J connectivity index is 1.47. The van der Waals surface area contributed by atoms with Gasteiger partial charge in [0.2, 0.25) is 0 Å². The molecule has 0 bridgehead atoms. The molecule has 30 heavy (non-hydrogen) atoms. The second-order valence-corrected chi connectivity index (χ2v) is 7.55. The molecule has 0 aliphatic carbocycles. The van der Waals surface area contributed by atoms with Crippen LogP contribution < -0.4 is 4.90 Å². The number of hydrogen-bond acceptors (Lipinski definition) is 5. The average Bonchev–Trinajstić information content (AvgIpc) is 3.48. The first-order valence-corrected chi connectivity index (χ1v) is 10.3. The van der Waals surface area contributed by atoms with E-state index in [-0.39, 0.29) is 0 Å². The van der Waals surface area contributed by atoms with Crippen LogP contribution in [0.5, 0.6) is 0 Å². The number of imidazole rings is 1. The van der Waals surface area contributed by atoms with Gasteiger partial charge in [-0.1, -0.05) is 24.3 Å². The molecular weight excluding hydrogens is 376 g/mol. The van der Waals surface area contributed by atoms with Crippen molar-refractivity contribution in [3.8, 4) is 11.3 Å². The van der Waals surface area contributed by atoms with Gasteiger partial charge in [0.1, 0.15) is 5.82 Å². The van der Waals surface area contributed by atoms with E-state index >= 15 is 0 Å². The monoisotopic (exact) mass is 398 g/mol. The molecular formula is C23H22N6O. The maximum atomic E-state index is 5.55. The van der Waals surface area contributed by atoms with Crippen LogP contribution in [0.1, 0.15) is 0 Å².